The lowest BCUT2D eigenvalue weighted by molar-refractivity contribution is 0.218. The molecule has 142 valence electrons. The summed E-state index contributed by atoms with van der Waals surface area (Å²) in [7, 11) is 0. The number of ether oxygens (including phenoxy) is 1. The Balaban J connectivity index is 2.02. The third-order valence-corrected chi connectivity index (χ3v) is 4.59. The molecule has 0 aliphatic rings. The highest BCUT2D eigenvalue weighted by molar-refractivity contribution is 6.67. The lowest BCUT2D eigenvalue weighted by Gasteiger charge is -2.19. The summed E-state index contributed by atoms with van der Waals surface area (Å²) in [6.45, 7) is 1.74. The molecule has 1 heterocycles. The van der Waals surface area contributed by atoms with E-state index in [0.29, 0.717) is 5.75 Å². The summed E-state index contributed by atoms with van der Waals surface area (Å²) in [5.74, 6) is 0.492. The van der Waals surface area contributed by atoms with Crippen LogP contribution in [-0.4, -0.2) is 15.0 Å². The number of halogens is 6. The van der Waals surface area contributed by atoms with Gasteiger partial charge in [-0.25, -0.2) is 15.0 Å². The smallest absolute Gasteiger partial charge is 0.250 e. The van der Waals surface area contributed by atoms with Crippen molar-refractivity contribution >= 4 is 80.4 Å². The number of rotatable bonds is 3. The van der Waals surface area contributed by atoms with Crippen LogP contribution in [0.5, 0.6) is 5.75 Å². The largest absolute Gasteiger partial charge is 0.482 e. The SMILES string of the molecule is CC(Oc1cccc2ccccc12)c1nc(C(Cl)(Cl)Cl)nc(C(Cl)(Cl)Cl)n1. The number of nitrogens with zero attached hydrogens (tertiary/aromatic N) is 3. The van der Waals surface area contributed by atoms with E-state index in [1.54, 1.807) is 6.92 Å². The highest BCUT2D eigenvalue weighted by Gasteiger charge is 2.34. The molecule has 0 radical (unpaired) electrons. The zero-order valence-electron chi connectivity index (χ0n) is 13.6. The van der Waals surface area contributed by atoms with Crippen molar-refractivity contribution in [3.05, 3.63) is 59.9 Å². The average molecular weight is 486 g/mol. The van der Waals surface area contributed by atoms with Crippen LogP contribution in [-0.2, 0) is 7.59 Å². The van der Waals surface area contributed by atoms with E-state index in [1.165, 1.54) is 0 Å². The van der Waals surface area contributed by atoms with Gasteiger partial charge in [-0.1, -0.05) is 106 Å². The minimum Gasteiger partial charge on any atom is -0.482 e. The van der Waals surface area contributed by atoms with Gasteiger partial charge in [0.1, 0.15) is 5.75 Å². The highest BCUT2D eigenvalue weighted by atomic mass is 35.6. The van der Waals surface area contributed by atoms with Crippen LogP contribution in [0.2, 0.25) is 0 Å². The standard InChI is InChI=1S/C17H11Cl6N3O/c1-9(27-12-8-4-6-10-5-2-3-7-11(10)12)13-24-14(16(18,19)20)26-15(25-13)17(21,22)23/h2-9H,1H3. The number of aromatic nitrogens is 3. The van der Waals surface area contributed by atoms with E-state index in [9.17, 15) is 0 Å². The van der Waals surface area contributed by atoms with Gasteiger partial charge in [0.2, 0.25) is 7.59 Å². The van der Waals surface area contributed by atoms with Gasteiger partial charge < -0.3 is 4.74 Å². The van der Waals surface area contributed by atoms with Crippen LogP contribution in [0.3, 0.4) is 0 Å². The Morgan fingerprint density at radius 2 is 1.33 bits per heavy atom. The predicted octanol–water partition coefficient (Wildman–Crippen LogP) is 6.82. The summed E-state index contributed by atoms with van der Waals surface area (Å²) >= 11 is 35.4. The maximum atomic E-state index is 6.04. The van der Waals surface area contributed by atoms with Crippen molar-refractivity contribution in [1.82, 2.24) is 15.0 Å². The van der Waals surface area contributed by atoms with Crippen molar-refractivity contribution in [3.8, 4) is 5.75 Å². The molecule has 1 aromatic heterocycles. The Labute approximate surface area is 185 Å². The Kier molecular flexibility index (Phi) is 6.17. The summed E-state index contributed by atoms with van der Waals surface area (Å²) in [6.07, 6.45) is -0.629. The van der Waals surface area contributed by atoms with E-state index in [2.05, 4.69) is 15.0 Å². The molecule has 1 atom stereocenters. The molecule has 3 rings (SSSR count). The van der Waals surface area contributed by atoms with Gasteiger partial charge in [0.15, 0.2) is 23.6 Å². The molecule has 10 heteroatoms. The van der Waals surface area contributed by atoms with E-state index in [-0.39, 0.29) is 17.5 Å². The van der Waals surface area contributed by atoms with Crippen LogP contribution < -0.4 is 4.74 Å². The zero-order valence-corrected chi connectivity index (χ0v) is 18.2. The molecule has 0 bridgehead atoms. The first-order valence-electron chi connectivity index (χ1n) is 7.60. The van der Waals surface area contributed by atoms with E-state index < -0.39 is 13.7 Å². The van der Waals surface area contributed by atoms with Crippen LogP contribution in [0.4, 0.5) is 0 Å². The van der Waals surface area contributed by atoms with Gasteiger partial charge >= 0.3 is 0 Å². The quantitative estimate of drug-likeness (QED) is 0.382. The fraction of sp³-hybridized carbons (Fsp3) is 0.235. The second-order valence-electron chi connectivity index (χ2n) is 5.57. The van der Waals surface area contributed by atoms with E-state index in [1.807, 2.05) is 42.5 Å². The van der Waals surface area contributed by atoms with Gasteiger partial charge in [0.25, 0.3) is 0 Å². The van der Waals surface area contributed by atoms with E-state index >= 15 is 0 Å². The van der Waals surface area contributed by atoms with Crippen molar-refractivity contribution < 1.29 is 4.74 Å². The topological polar surface area (TPSA) is 47.9 Å². The maximum Gasteiger partial charge on any atom is 0.250 e. The molecule has 1 unspecified atom stereocenters. The fourth-order valence-electron chi connectivity index (χ4n) is 2.37. The average Bonchev–Trinajstić information content (AvgIpc) is 2.60. The number of fused-ring (bicyclic) bond motifs is 1. The van der Waals surface area contributed by atoms with E-state index in [4.69, 9.17) is 74.3 Å². The van der Waals surface area contributed by atoms with Crippen molar-refractivity contribution in [1.29, 1.82) is 0 Å². The van der Waals surface area contributed by atoms with Crippen LogP contribution in [0.1, 0.15) is 30.5 Å². The minimum absolute atomic E-state index is 0.160. The summed E-state index contributed by atoms with van der Waals surface area (Å²) in [4.78, 5) is 12.3. The molecule has 4 nitrogen and oxygen atoms in total. The molecule has 27 heavy (non-hydrogen) atoms. The summed E-state index contributed by atoms with van der Waals surface area (Å²) < 4.78 is 2.21. The predicted molar refractivity (Wildman–Crippen MR) is 111 cm³/mol. The molecule has 0 amide bonds. The lowest BCUT2D eigenvalue weighted by Crippen LogP contribution is -2.20. The van der Waals surface area contributed by atoms with Crippen LogP contribution in [0.25, 0.3) is 10.8 Å². The Morgan fingerprint density at radius 3 is 1.93 bits per heavy atom. The molecular formula is C17H11Cl6N3O. The lowest BCUT2D eigenvalue weighted by atomic mass is 10.1. The second kappa shape index (κ2) is 7.94. The number of hydrogen-bond donors (Lipinski definition) is 0. The van der Waals surface area contributed by atoms with Gasteiger partial charge in [-0.3, -0.25) is 0 Å². The van der Waals surface area contributed by atoms with Crippen molar-refractivity contribution in [2.75, 3.05) is 0 Å². The van der Waals surface area contributed by atoms with Crippen molar-refractivity contribution in [2.45, 2.75) is 20.6 Å². The molecule has 3 aromatic rings. The molecule has 0 aliphatic heterocycles. The highest BCUT2D eigenvalue weighted by Crippen LogP contribution is 2.40. The molecule has 0 saturated heterocycles. The van der Waals surface area contributed by atoms with Crippen LogP contribution in [0, 0.1) is 0 Å². The molecular weight excluding hydrogens is 475 g/mol. The van der Waals surface area contributed by atoms with Crippen molar-refractivity contribution in [3.63, 3.8) is 0 Å². The van der Waals surface area contributed by atoms with Gasteiger partial charge in [-0.15, -0.1) is 0 Å². The Morgan fingerprint density at radius 1 is 0.778 bits per heavy atom. The zero-order chi connectivity index (χ0) is 19.8. The fourth-order valence-corrected chi connectivity index (χ4v) is 2.88. The normalized spacial score (nSPS) is 13.6. The molecule has 0 aliphatic carbocycles. The Hall–Kier alpha value is -0.750. The summed E-state index contributed by atoms with van der Waals surface area (Å²) in [5.41, 5.74) is 0. The summed E-state index contributed by atoms with van der Waals surface area (Å²) in [6, 6.07) is 13.5. The maximum absolute atomic E-state index is 6.04. The molecule has 0 spiro atoms. The van der Waals surface area contributed by atoms with Gasteiger partial charge in [0.05, 0.1) is 0 Å². The third-order valence-electron chi connectivity index (χ3n) is 3.58. The molecule has 0 saturated carbocycles. The van der Waals surface area contributed by atoms with E-state index in [0.717, 1.165) is 10.8 Å². The number of hydrogen-bond acceptors (Lipinski definition) is 4. The first-order chi connectivity index (χ1) is 12.6. The van der Waals surface area contributed by atoms with Gasteiger partial charge in [-0.05, 0) is 18.4 Å². The van der Waals surface area contributed by atoms with Gasteiger partial charge in [-0.2, -0.15) is 0 Å². The van der Waals surface area contributed by atoms with Crippen molar-refractivity contribution in [2.24, 2.45) is 0 Å². The third kappa shape index (κ3) is 5.00. The monoisotopic (exact) mass is 483 g/mol. The summed E-state index contributed by atoms with van der Waals surface area (Å²) in [5, 5.41) is 1.96. The first kappa shape index (κ1) is 21.0. The number of alkyl halides is 6. The molecule has 2 aromatic carbocycles. The molecule has 0 N–H and O–H groups in total. The van der Waals surface area contributed by atoms with Gasteiger partial charge in [0, 0.05) is 5.39 Å². The number of benzene rings is 2. The van der Waals surface area contributed by atoms with Crippen LogP contribution in [0.15, 0.2) is 42.5 Å². The minimum atomic E-state index is -1.92. The van der Waals surface area contributed by atoms with Crippen LogP contribution >= 0.6 is 69.6 Å². The Bertz CT molecular complexity index is 933. The molecule has 0 fully saturated rings. The first-order valence-corrected chi connectivity index (χ1v) is 9.87. The second-order valence-corrected chi connectivity index (χ2v) is 10.1.